The van der Waals surface area contributed by atoms with E-state index in [0.717, 1.165) is 75.1 Å². The van der Waals surface area contributed by atoms with Gasteiger partial charge in [-0.05, 0) is 32.3 Å². The maximum Gasteiger partial charge on any atom is 0.194 e. The van der Waals surface area contributed by atoms with Crippen molar-refractivity contribution in [2.75, 3.05) is 54.2 Å². The minimum absolute atomic E-state index is 0.328. The van der Waals surface area contributed by atoms with Gasteiger partial charge >= 0.3 is 0 Å². The lowest BCUT2D eigenvalue weighted by molar-refractivity contribution is 0.00990. The highest BCUT2D eigenvalue weighted by Gasteiger charge is 2.22. The highest BCUT2D eigenvalue weighted by Crippen LogP contribution is 2.31. The maximum absolute atomic E-state index is 5.96. The number of nitrogens with one attached hydrogen (secondary N) is 1. The number of para-hydroxylation sites is 1. The van der Waals surface area contributed by atoms with Crippen LogP contribution in [-0.2, 0) is 16.0 Å². The van der Waals surface area contributed by atoms with Gasteiger partial charge in [0.2, 0.25) is 0 Å². The highest BCUT2D eigenvalue weighted by atomic mass is 16.5. The van der Waals surface area contributed by atoms with Crippen LogP contribution in [0.3, 0.4) is 0 Å². The summed E-state index contributed by atoms with van der Waals surface area (Å²) in [6.45, 7) is 6.86. The molecule has 0 bridgehead atoms. The van der Waals surface area contributed by atoms with Crippen molar-refractivity contribution in [1.82, 2.24) is 10.2 Å². The SMILES string of the molecule is CCNC(=NCc1cccc(OC)c1OC)N1CCC(OCCCOC)CC1. The molecule has 1 aliphatic heterocycles. The zero-order valence-electron chi connectivity index (χ0n) is 17.7. The molecule has 0 radical (unpaired) electrons. The topological polar surface area (TPSA) is 64.6 Å². The van der Waals surface area contributed by atoms with Crippen LogP contribution in [0, 0.1) is 0 Å². The van der Waals surface area contributed by atoms with Crippen molar-refractivity contribution in [1.29, 1.82) is 0 Å². The molecule has 0 aromatic heterocycles. The summed E-state index contributed by atoms with van der Waals surface area (Å²) in [4.78, 5) is 7.15. The molecule has 0 aliphatic carbocycles. The van der Waals surface area contributed by atoms with Gasteiger partial charge in [0.15, 0.2) is 17.5 Å². The molecule has 2 rings (SSSR count). The fourth-order valence-corrected chi connectivity index (χ4v) is 3.35. The molecule has 7 nitrogen and oxygen atoms in total. The summed E-state index contributed by atoms with van der Waals surface area (Å²) < 4.78 is 21.9. The number of hydrogen-bond donors (Lipinski definition) is 1. The van der Waals surface area contributed by atoms with Crippen LogP contribution in [-0.4, -0.2) is 71.1 Å². The monoisotopic (exact) mass is 393 g/mol. The van der Waals surface area contributed by atoms with Crippen molar-refractivity contribution in [2.45, 2.75) is 38.8 Å². The molecule has 1 heterocycles. The van der Waals surface area contributed by atoms with Crippen molar-refractivity contribution in [3.63, 3.8) is 0 Å². The van der Waals surface area contributed by atoms with Crippen LogP contribution in [0.25, 0.3) is 0 Å². The molecule has 1 aliphatic rings. The maximum atomic E-state index is 5.96. The number of benzene rings is 1. The van der Waals surface area contributed by atoms with E-state index < -0.39 is 0 Å². The molecule has 1 fully saturated rings. The Hall–Kier alpha value is -1.99. The molecule has 1 N–H and O–H groups in total. The molecule has 158 valence electrons. The summed E-state index contributed by atoms with van der Waals surface area (Å²) in [5.41, 5.74) is 1.01. The van der Waals surface area contributed by atoms with Crippen LogP contribution in [0.2, 0.25) is 0 Å². The van der Waals surface area contributed by atoms with Gasteiger partial charge in [0.25, 0.3) is 0 Å². The molecule has 0 saturated carbocycles. The molecule has 1 saturated heterocycles. The number of likely N-dealkylation sites (tertiary alicyclic amines) is 1. The third-order valence-electron chi connectivity index (χ3n) is 4.81. The average molecular weight is 394 g/mol. The minimum Gasteiger partial charge on any atom is -0.493 e. The van der Waals surface area contributed by atoms with Crippen LogP contribution in [0.4, 0.5) is 0 Å². The Bertz CT molecular complexity index is 601. The molecule has 0 unspecified atom stereocenters. The molecular formula is C21H35N3O4. The summed E-state index contributed by atoms with van der Waals surface area (Å²) in [6.07, 6.45) is 3.30. The van der Waals surface area contributed by atoms with Crippen LogP contribution >= 0.6 is 0 Å². The second-order valence-corrected chi connectivity index (χ2v) is 6.73. The predicted molar refractivity (Wildman–Crippen MR) is 111 cm³/mol. The first-order valence-electron chi connectivity index (χ1n) is 10.1. The van der Waals surface area contributed by atoms with E-state index in [1.165, 1.54) is 0 Å². The first kappa shape index (κ1) is 22.3. The Morgan fingerprint density at radius 1 is 1.14 bits per heavy atom. The molecular weight excluding hydrogens is 358 g/mol. The Morgan fingerprint density at radius 3 is 2.57 bits per heavy atom. The quantitative estimate of drug-likeness (QED) is 0.375. The van der Waals surface area contributed by atoms with E-state index in [4.69, 9.17) is 23.9 Å². The number of piperidine rings is 1. The van der Waals surface area contributed by atoms with Gasteiger partial charge in [-0.15, -0.1) is 0 Å². The van der Waals surface area contributed by atoms with E-state index in [9.17, 15) is 0 Å². The summed E-state index contributed by atoms with van der Waals surface area (Å²) in [5.74, 6) is 2.41. The highest BCUT2D eigenvalue weighted by molar-refractivity contribution is 5.80. The zero-order valence-corrected chi connectivity index (χ0v) is 17.7. The largest absolute Gasteiger partial charge is 0.493 e. The summed E-state index contributed by atoms with van der Waals surface area (Å²) >= 11 is 0. The van der Waals surface area contributed by atoms with E-state index in [2.05, 4.69) is 17.1 Å². The first-order chi connectivity index (χ1) is 13.7. The lowest BCUT2D eigenvalue weighted by Crippen LogP contribution is -2.47. The number of rotatable bonds is 10. The summed E-state index contributed by atoms with van der Waals surface area (Å²) in [6, 6.07) is 5.88. The zero-order chi connectivity index (χ0) is 20.2. The standard InChI is InChI=1S/C21H35N3O4/c1-5-22-21(23-16-17-8-6-9-19(26-3)20(17)27-4)24-12-10-18(11-13-24)28-15-7-14-25-2/h6,8-9,18H,5,7,10-16H2,1-4H3,(H,22,23). The van der Waals surface area contributed by atoms with Gasteiger partial charge in [0.1, 0.15) is 0 Å². The van der Waals surface area contributed by atoms with Gasteiger partial charge in [-0.2, -0.15) is 0 Å². The lowest BCUT2D eigenvalue weighted by atomic mass is 10.1. The third kappa shape index (κ3) is 6.56. The molecule has 1 aromatic carbocycles. The van der Waals surface area contributed by atoms with Gasteiger partial charge in [0.05, 0.1) is 26.9 Å². The van der Waals surface area contributed by atoms with Crippen molar-refractivity contribution in [2.24, 2.45) is 4.99 Å². The Morgan fingerprint density at radius 2 is 1.93 bits per heavy atom. The predicted octanol–water partition coefficient (Wildman–Crippen LogP) is 2.69. The summed E-state index contributed by atoms with van der Waals surface area (Å²) in [7, 11) is 5.03. The average Bonchev–Trinajstić information content (AvgIpc) is 2.74. The smallest absolute Gasteiger partial charge is 0.194 e. The van der Waals surface area contributed by atoms with Gasteiger partial charge in [-0.1, -0.05) is 12.1 Å². The van der Waals surface area contributed by atoms with Gasteiger partial charge in [0, 0.05) is 45.5 Å². The van der Waals surface area contributed by atoms with Gasteiger partial charge in [-0.25, -0.2) is 4.99 Å². The fourth-order valence-electron chi connectivity index (χ4n) is 3.35. The third-order valence-corrected chi connectivity index (χ3v) is 4.81. The van der Waals surface area contributed by atoms with Gasteiger partial charge < -0.3 is 29.2 Å². The Kier molecular flexibility index (Phi) is 9.93. The van der Waals surface area contributed by atoms with Crippen molar-refractivity contribution in [3.05, 3.63) is 23.8 Å². The van der Waals surface area contributed by atoms with E-state index in [0.29, 0.717) is 12.6 Å². The second-order valence-electron chi connectivity index (χ2n) is 6.73. The number of guanidine groups is 1. The lowest BCUT2D eigenvalue weighted by Gasteiger charge is -2.34. The fraction of sp³-hybridized carbons (Fsp3) is 0.667. The number of methoxy groups -OCH3 is 3. The van der Waals surface area contributed by atoms with Crippen molar-refractivity contribution in [3.8, 4) is 11.5 Å². The Balaban J connectivity index is 1.95. The molecule has 0 atom stereocenters. The second kappa shape index (κ2) is 12.5. The summed E-state index contributed by atoms with van der Waals surface area (Å²) in [5, 5.41) is 3.41. The van der Waals surface area contributed by atoms with Crippen molar-refractivity contribution >= 4 is 5.96 Å². The molecule has 0 amide bonds. The van der Waals surface area contributed by atoms with Crippen LogP contribution in [0.5, 0.6) is 11.5 Å². The number of aliphatic imine (C=N–C) groups is 1. The van der Waals surface area contributed by atoms with Crippen LogP contribution in [0.15, 0.2) is 23.2 Å². The van der Waals surface area contributed by atoms with E-state index in [-0.39, 0.29) is 0 Å². The van der Waals surface area contributed by atoms with E-state index in [1.807, 2.05) is 18.2 Å². The van der Waals surface area contributed by atoms with Crippen molar-refractivity contribution < 1.29 is 18.9 Å². The van der Waals surface area contributed by atoms with Crippen LogP contribution in [0.1, 0.15) is 31.7 Å². The molecule has 28 heavy (non-hydrogen) atoms. The minimum atomic E-state index is 0.328. The normalized spacial score (nSPS) is 15.6. The number of ether oxygens (including phenoxy) is 4. The number of nitrogens with zero attached hydrogens (tertiary/aromatic N) is 2. The first-order valence-corrected chi connectivity index (χ1v) is 10.1. The van der Waals surface area contributed by atoms with E-state index in [1.54, 1.807) is 21.3 Å². The molecule has 0 spiro atoms. The van der Waals surface area contributed by atoms with E-state index >= 15 is 0 Å². The molecule has 1 aromatic rings. The molecule has 7 heteroatoms. The number of hydrogen-bond acceptors (Lipinski definition) is 5. The Labute approximate surface area is 169 Å². The van der Waals surface area contributed by atoms with Crippen LogP contribution < -0.4 is 14.8 Å². The van der Waals surface area contributed by atoms with Gasteiger partial charge in [-0.3, -0.25) is 0 Å².